The van der Waals surface area contributed by atoms with Crippen molar-refractivity contribution < 1.29 is 9.13 Å². The SMILES string of the molecule is N#CC1=C(N)Oc2c(ccc3cccnc23)[C@H]1c1ccccc1F. The van der Waals surface area contributed by atoms with Crippen LogP contribution >= 0.6 is 0 Å². The third-order valence-electron chi connectivity index (χ3n) is 4.17. The van der Waals surface area contributed by atoms with Gasteiger partial charge in [0.1, 0.15) is 23.0 Å². The summed E-state index contributed by atoms with van der Waals surface area (Å²) in [6.07, 6.45) is 1.66. The van der Waals surface area contributed by atoms with Crippen LogP contribution in [0.3, 0.4) is 0 Å². The Labute approximate surface area is 137 Å². The maximum atomic E-state index is 14.4. The molecule has 1 aliphatic rings. The fourth-order valence-electron chi connectivity index (χ4n) is 3.08. The average molecular weight is 317 g/mol. The lowest BCUT2D eigenvalue weighted by Gasteiger charge is -2.27. The van der Waals surface area contributed by atoms with Crippen molar-refractivity contribution in [1.82, 2.24) is 4.98 Å². The number of nitrogens with zero attached hydrogens (tertiary/aromatic N) is 2. The monoisotopic (exact) mass is 317 g/mol. The van der Waals surface area contributed by atoms with Crippen molar-refractivity contribution in [2.45, 2.75) is 5.92 Å². The molecular formula is C19H12FN3O. The number of pyridine rings is 1. The molecule has 5 heteroatoms. The van der Waals surface area contributed by atoms with Crippen molar-refractivity contribution in [3.8, 4) is 11.8 Å². The van der Waals surface area contributed by atoms with Crippen molar-refractivity contribution in [2.24, 2.45) is 5.73 Å². The first-order valence-corrected chi connectivity index (χ1v) is 7.40. The molecule has 116 valence electrons. The topological polar surface area (TPSA) is 71.9 Å². The Morgan fingerprint density at radius 1 is 1.08 bits per heavy atom. The highest BCUT2D eigenvalue weighted by Gasteiger charge is 2.33. The van der Waals surface area contributed by atoms with Gasteiger partial charge in [0.25, 0.3) is 0 Å². The van der Waals surface area contributed by atoms with Gasteiger partial charge in [-0.25, -0.2) is 4.39 Å². The van der Waals surface area contributed by atoms with Crippen molar-refractivity contribution in [1.29, 1.82) is 5.26 Å². The summed E-state index contributed by atoms with van der Waals surface area (Å²) in [6.45, 7) is 0. The molecule has 2 aromatic carbocycles. The molecule has 0 bridgehead atoms. The van der Waals surface area contributed by atoms with E-state index in [2.05, 4.69) is 11.1 Å². The van der Waals surface area contributed by atoms with Gasteiger partial charge in [0, 0.05) is 22.7 Å². The molecule has 1 atom stereocenters. The first-order chi connectivity index (χ1) is 11.7. The van der Waals surface area contributed by atoms with Crippen LogP contribution in [0.2, 0.25) is 0 Å². The lowest BCUT2D eigenvalue weighted by Crippen LogP contribution is -2.22. The summed E-state index contributed by atoms with van der Waals surface area (Å²) in [5, 5.41) is 10.4. The van der Waals surface area contributed by atoms with E-state index in [0.717, 1.165) is 5.39 Å². The largest absolute Gasteiger partial charge is 0.438 e. The Morgan fingerprint density at radius 2 is 1.92 bits per heavy atom. The van der Waals surface area contributed by atoms with Gasteiger partial charge in [-0.3, -0.25) is 4.98 Å². The smallest absolute Gasteiger partial charge is 0.205 e. The van der Waals surface area contributed by atoms with E-state index in [9.17, 15) is 9.65 Å². The average Bonchev–Trinajstić information content (AvgIpc) is 2.61. The molecule has 0 fully saturated rings. The Bertz CT molecular complexity index is 1040. The quantitative estimate of drug-likeness (QED) is 0.744. The van der Waals surface area contributed by atoms with Crippen LogP contribution in [0.1, 0.15) is 17.0 Å². The van der Waals surface area contributed by atoms with E-state index in [1.165, 1.54) is 6.07 Å². The number of allylic oxidation sites excluding steroid dienone is 1. The summed E-state index contributed by atoms with van der Waals surface area (Å²) in [7, 11) is 0. The second kappa shape index (κ2) is 5.36. The van der Waals surface area contributed by atoms with Crippen LogP contribution in [0.25, 0.3) is 10.9 Å². The second-order valence-corrected chi connectivity index (χ2v) is 5.51. The minimum atomic E-state index is -0.619. The number of benzene rings is 2. The molecule has 0 unspecified atom stereocenters. The van der Waals surface area contributed by atoms with Crippen LogP contribution < -0.4 is 10.5 Å². The standard InChI is InChI=1S/C19H12FN3O/c20-15-6-2-1-5-12(15)16-13-8-7-11-4-3-9-23-17(11)18(13)24-19(22)14(16)10-21/h1-9,16H,22H2/t16-/m1/s1. The van der Waals surface area contributed by atoms with Gasteiger partial charge in [-0.15, -0.1) is 0 Å². The van der Waals surface area contributed by atoms with E-state index in [-0.39, 0.29) is 11.5 Å². The first kappa shape index (κ1) is 14.2. The fourth-order valence-corrected chi connectivity index (χ4v) is 3.08. The molecule has 0 saturated carbocycles. The van der Waals surface area contributed by atoms with Gasteiger partial charge in [0.15, 0.2) is 5.75 Å². The number of nitriles is 1. The van der Waals surface area contributed by atoms with Crippen LogP contribution in [0, 0.1) is 17.1 Å². The number of aromatic nitrogens is 1. The van der Waals surface area contributed by atoms with Crippen LogP contribution in [0.15, 0.2) is 66.2 Å². The van der Waals surface area contributed by atoms with Crippen LogP contribution in [-0.4, -0.2) is 4.98 Å². The number of hydrogen-bond donors (Lipinski definition) is 1. The zero-order valence-corrected chi connectivity index (χ0v) is 12.5. The summed E-state index contributed by atoms with van der Waals surface area (Å²) in [5.41, 5.74) is 7.85. The van der Waals surface area contributed by atoms with Gasteiger partial charge in [0.2, 0.25) is 5.88 Å². The summed E-state index contributed by atoms with van der Waals surface area (Å²) in [6, 6.07) is 15.9. The molecule has 0 saturated heterocycles. The number of ether oxygens (including phenoxy) is 1. The third kappa shape index (κ3) is 2.01. The molecule has 1 aromatic heterocycles. The van der Waals surface area contributed by atoms with Crippen molar-refractivity contribution in [3.63, 3.8) is 0 Å². The van der Waals surface area contributed by atoms with E-state index < -0.39 is 11.7 Å². The summed E-state index contributed by atoms with van der Waals surface area (Å²) < 4.78 is 20.1. The van der Waals surface area contributed by atoms with Gasteiger partial charge in [-0.1, -0.05) is 36.4 Å². The number of nitrogens with two attached hydrogens (primary N) is 1. The Kier molecular flexibility index (Phi) is 3.17. The number of fused-ring (bicyclic) bond motifs is 3. The predicted molar refractivity (Wildman–Crippen MR) is 87.4 cm³/mol. The zero-order valence-electron chi connectivity index (χ0n) is 12.5. The number of halogens is 1. The van der Waals surface area contributed by atoms with E-state index >= 15 is 0 Å². The van der Waals surface area contributed by atoms with Crippen LogP contribution in [-0.2, 0) is 0 Å². The minimum absolute atomic E-state index is 0.0172. The number of rotatable bonds is 1. The van der Waals surface area contributed by atoms with E-state index in [1.54, 1.807) is 24.4 Å². The molecule has 24 heavy (non-hydrogen) atoms. The Hall–Kier alpha value is -3.39. The Balaban J connectivity index is 2.05. The molecular weight excluding hydrogens is 305 g/mol. The highest BCUT2D eigenvalue weighted by atomic mass is 19.1. The van der Waals surface area contributed by atoms with Gasteiger partial charge in [-0.2, -0.15) is 5.26 Å². The van der Waals surface area contributed by atoms with Crippen molar-refractivity contribution >= 4 is 10.9 Å². The molecule has 2 N–H and O–H groups in total. The summed E-state index contributed by atoms with van der Waals surface area (Å²) in [4.78, 5) is 4.35. The van der Waals surface area contributed by atoms with Gasteiger partial charge < -0.3 is 10.5 Å². The highest BCUT2D eigenvalue weighted by Crippen LogP contribution is 2.45. The molecule has 0 radical (unpaired) electrons. The van der Waals surface area contributed by atoms with Gasteiger partial charge in [0.05, 0.1) is 5.92 Å². The summed E-state index contributed by atoms with van der Waals surface area (Å²) in [5.74, 6) is -0.558. The molecule has 3 aromatic rings. The molecule has 0 aliphatic carbocycles. The van der Waals surface area contributed by atoms with E-state index in [4.69, 9.17) is 10.5 Å². The zero-order chi connectivity index (χ0) is 16.7. The molecule has 1 aliphatic heterocycles. The number of hydrogen-bond acceptors (Lipinski definition) is 4. The molecule has 0 spiro atoms. The van der Waals surface area contributed by atoms with Crippen LogP contribution in [0.5, 0.6) is 5.75 Å². The van der Waals surface area contributed by atoms with E-state index in [1.807, 2.05) is 24.3 Å². The maximum absolute atomic E-state index is 14.4. The lowest BCUT2D eigenvalue weighted by molar-refractivity contribution is 0.396. The maximum Gasteiger partial charge on any atom is 0.205 e. The first-order valence-electron chi connectivity index (χ1n) is 7.40. The molecule has 4 nitrogen and oxygen atoms in total. The van der Waals surface area contributed by atoms with Crippen molar-refractivity contribution in [2.75, 3.05) is 0 Å². The second-order valence-electron chi connectivity index (χ2n) is 5.51. The highest BCUT2D eigenvalue weighted by molar-refractivity contribution is 5.87. The third-order valence-corrected chi connectivity index (χ3v) is 4.17. The fraction of sp³-hybridized carbons (Fsp3) is 0.0526. The summed E-state index contributed by atoms with van der Waals surface area (Å²) >= 11 is 0. The van der Waals surface area contributed by atoms with Crippen molar-refractivity contribution in [3.05, 3.63) is 83.1 Å². The normalized spacial score (nSPS) is 16.4. The molecule has 0 amide bonds. The van der Waals surface area contributed by atoms with Gasteiger partial charge in [-0.05, 0) is 12.1 Å². The van der Waals surface area contributed by atoms with E-state index in [0.29, 0.717) is 22.4 Å². The minimum Gasteiger partial charge on any atom is -0.438 e. The van der Waals surface area contributed by atoms with Gasteiger partial charge >= 0.3 is 0 Å². The molecule has 2 heterocycles. The van der Waals surface area contributed by atoms with Crippen LogP contribution in [0.4, 0.5) is 4.39 Å². The Morgan fingerprint density at radius 3 is 2.71 bits per heavy atom. The predicted octanol–water partition coefficient (Wildman–Crippen LogP) is 3.59. The molecule has 4 rings (SSSR count). The lowest BCUT2D eigenvalue weighted by atomic mass is 9.83.